The van der Waals surface area contributed by atoms with Crippen LogP contribution in [0.25, 0.3) is 0 Å². The molecule has 2 aromatic carbocycles. The molecule has 0 fully saturated rings. The normalized spacial score (nSPS) is 11.2. The molecule has 2 aromatic rings. The number of nitrogens with one attached hydrogen (secondary N) is 1. The van der Waals surface area contributed by atoms with Gasteiger partial charge in [0.1, 0.15) is 17.2 Å². The Morgan fingerprint density at radius 3 is 2.54 bits per heavy atom. The van der Waals surface area contributed by atoms with Gasteiger partial charge in [-0.25, -0.2) is 8.78 Å². The van der Waals surface area contributed by atoms with Gasteiger partial charge in [0.25, 0.3) is 5.91 Å². The van der Waals surface area contributed by atoms with Gasteiger partial charge < -0.3 is 10.1 Å². The molecule has 0 bridgehead atoms. The summed E-state index contributed by atoms with van der Waals surface area (Å²) >= 11 is 11.3. The van der Waals surface area contributed by atoms with Crippen molar-refractivity contribution in [3.63, 3.8) is 0 Å². The van der Waals surface area contributed by atoms with E-state index >= 15 is 0 Å². The highest BCUT2D eigenvalue weighted by atomic mass is 35.5. The fourth-order valence-corrected chi connectivity index (χ4v) is 2.81. The lowest BCUT2D eigenvalue weighted by atomic mass is 10.1. The number of ether oxygens (including phenoxy) is 1. The Bertz CT molecular complexity index is 850. The van der Waals surface area contributed by atoms with Crippen LogP contribution in [0.1, 0.15) is 36.7 Å². The van der Waals surface area contributed by atoms with E-state index in [4.69, 9.17) is 28.6 Å². The first-order valence-electron chi connectivity index (χ1n) is 7.82. The molecule has 26 heavy (non-hydrogen) atoms. The molecular weight excluding hydrogens is 380 g/mol. The molecule has 138 valence electrons. The molecule has 0 aliphatic carbocycles. The first-order valence-corrected chi connectivity index (χ1v) is 8.60. The van der Waals surface area contributed by atoms with Crippen molar-refractivity contribution >= 4 is 40.5 Å². The van der Waals surface area contributed by atoms with Crippen molar-refractivity contribution in [1.29, 1.82) is 0 Å². The first-order chi connectivity index (χ1) is 12.0. The van der Waals surface area contributed by atoms with Gasteiger partial charge in [0, 0.05) is 17.0 Å². The van der Waals surface area contributed by atoms with Gasteiger partial charge in [0.2, 0.25) is 0 Å². The molecule has 1 N–H and O–H groups in total. The summed E-state index contributed by atoms with van der Waals surface area (Å²) in [5.41, 5.74) is 0.0550. The van der Waals surface area contributed by atoms with Crippen molar-refractivity contribution in [2.45, 2.75) is 32.8 Å². The number of carbonyl (C=O) groups excluding carboxylic acids is 1. The van der Waals surface area contributed by atoms with Crippen LogP contribution < -0.4 is 5.32 Å². The quantitative estimate of drug-likeness (QED) is 0.687. The largest absolute Gasteiger partial charge is 0.481 e. The van der Waals surface area contributed by atoms with Gasteiger partial charge in [-0.2, -0.15) is 0 Å². The molecule has 0 spiro atoms. The summed E-state index contributed by atoms with van der Waals surface area (Å²) in [6.45, 7) is 5.57. The minimum absolute atomic E-state index is 0.0720. The number of anilines is 1. The average molecular weight is 398 g/mol. The highest BCUT2D eigenvalue weighted by Gasteiger charge is 2.17. The molecule has 3 nitrogen and oxygen atoms in total. The molecule has 1 amide bonds. The van der Waals surface area contributed by atoms with Gasteiger partial charge in [0.15, 0.2) is 5.05 Å². The lowest BCUT2D eigenvalue weighted by Gasteiger charge is -2.22. The van der Waals surface area contributed by atoms with E-state index < -0.39 is 23.1 Å². The molecule has 0 heterocycles. The Balaban J connectivity index is 2.21. The number of halogens is 3. The molecule has 7 heteroatoms. The van der Waals surface area contributed by atoms with Crippen molar-refractivity contribution in [2.24, 2.45) is 0 Å². The lowest BCUT2D eigenvalue weighted by Crippen LogP contribution is -2.24. The number of rotatable bonds is 4. The number of thiocarbonyl (C=S) groups is 1. The van der Waals surface area contributed by atoms with Crippen LogP contribution in [-0.4, -0.2) is 16.6 Å². The van der Waals surface area contributed by atoms with E-state index in [1.54, 1.807) is 0 Å². The Labute approximate surface area is 161 Å². The predicted molar refractivity (Wildman–Crippen MR) is 103 cm³/mol. The molecule has 0 saturated carbocycles. The maximum absolute atomic E-state index is 14.2. The third-order valence-electron chi connectivity index (χ3n) is 3.23. The Morgan fingerprint density at radius 2 is 1.92 bits per heavy atom. The number of hydrogen-bond acceptors (Lipinski definition) is 3. The van der Waals surface area contributed by atoms with Crippen molar-refractivity contribution in [2.75, 3.05) is 5.32 Å². The van der Waals surface area contributed by atoms with Crippen molar-refractivity contribution in [3.05, 3.63) is 64.2 Å². The minimum Gasteiger partial charge on any atom is -0.481 e. The molecule has 0 aromatic heterocycles. The summed E-state index contributed by atoms with van der Waals surface area (Å²) in [5, 5.41) is 2.89. The van der Waals surface area contributed by atoms with Gasteiger partial charge >= 0.3 is 0 Å². The van der Waals surface area contributed by atoms with Crippen LogP contribution in [0.2, 0.25) is 5.02 Å². The van der Waals surface area contributed by atoms with Gasteiger partial charge in [0.05, 0.1) is 5.69 Å². The van der Waals surface area contributed by atoms with Crippen LogP contribution >= 0.6 is 23.8 Å². The van der Waals surface area contributed by atoms with Crippen LogP contribution in [0.3, 0.4) is 0 Å². The number of hydrogen-bond donors (Lipinski definition) is 1. The van der Waals surface area contributed by atoms with Crippen molar-refractivity contribution in [1.82, 2.24) is 0 Å². The van der Waals surface area contributed by atoms with Gasteiger partial charge in [-0.05, 0) is 68.9 Å². The van der Waals surface area contributed by atoms with Gasteiger partial charge in [-0.3, -0.25) is 4.79 Å². The summed E-state index contributed by atoms with van der Waals surface area (Å²) in [4.78, 5) is 12.2. The Hall–Kier alpha value is -2.05. The van der Waals surface area contributed by atoms with E-state index in [1.807, 2.05) is 20.8 Å². The summed E-state index contributed by atoms with van der Waals surface area (Å²) in [6, 6.07) is 7.60. The third-order valence-corrected chi connectivity index (χ3v) is 3.81. The summed E-state index contributed by atoms with van der Waals surface area (Å²) < 4.78 is 33.0. The van der Waals surface area contributed by atoms with Gasteiger partial charge in [-0.15, -0.1) is 0 Å². The number of benzene rings is 2. The summed E-state index contributed by atoms with van der Waals surface area (Å²) in [5.74, 6) is -1.89. The molecule has 0 radical (unpaired) electrons. The smallest absolute Gasteiger partial charge is 0.255 e. The highest BCUT2D eigenvalue weighted by molar-refractivity contribution is 7.80. The standard InChI is InChI=1S/C19H18ClF2NO2S/c1-19(2,3)25-17(26)9-12-8-16(15(22)10-14(12)20)23-18(24)11-5-4-6-13(21)7-11/h4-8,10H,9H2,1-3H3,(H,23,24). The summed E-state index contributed by atoms with van der Waals surface area (Å²) in [7, 11) is 0. The molecular formula is C19H18ClF2NO2S. The Morgan fingerprint density at radius 1 is 1.23 bits per heavy atom. The Kier molecular flexibility index (Phi) is 6.31. The van der Waals surface area contributed by atoms with Crippen LogP contribution in [0.4, 0.5) is 14.5 Å². The topological polar surface area (TPSA) is 38.3 Å². The second-order valence-electron chi connectivity index (χ2n) is 6.65. The zero-order chi connectivity index (χ0) is 19.5. The molecule has 0 saturated heterocycles. The van der Waals surface area contributed by atoms with Crippen LogP contribution in [-0.2, 0) is 11.2 Å². The lowest BCUT2D eigenvalue weighted by molar-refractivity contribution is 0.102. The predicted octanol–water partition coefficient (Wildman–Crippen LogP) is 5.56. The van der Waals surface area contributed by atoms with Crippen molar-refractivity contribution in [3.8, 4) is 0 Å². The molecule has 0 aliphatic heterocycles. The zero-order valence-corrected chi connectivity index (χ0v) is 16.1. The van der Waals surface area contributed by atoms with E-state index in [1.165, 1.54) is 24.3 Å². The monoisotopic (exact) mass is 397 g/mol. The molecule has 2 rings (SSSR count). The number of carbonyl (C=O) groups is 1. The van der Waals surface area contributed by atoms with Gasteiger partial charge in [-0.1, -0.05) is 17.7 Å². The average Bonchev–Trinajstić information content (AvgIpc) is 2.50. The third kappa shape index (κ3) is 5.75. The second kappa shape index (κ2) is 8.10. The first kappa shape index (κ1) is 20.3. The summed E-state index contributed by atoms with van der Waals surface area (Å²) in [6.07, 6.45) is 0.189. The fraction of sp³-hybridized carbons (Fsp3) is 0.263. The number of amides is 1. The van der Waals surface area contributed by atoms with E-state index in [0.717, 1.165) is 12.1 Å². The van der Waals surface area contributed by atoms with Crippen LogP contribution in [0.5, 0.6) is 0 Å². The van der Waals surface area contributed by atoms with Crippen LogP contribution in [0.15, 0.2) is 36.4 Å². The van der Waals surface area contributed by atoms with E-state index in [2.05, 4.69) is 5.32 Å². The zero-order valence-electron chi connectivity index (χ0n) is 14.5. The molecule has 0 unspecified atom stereocenters. The second-order valence-corrected chi connectivity index (χ2v) is 7.51. The van der Waals surface area contributed by atoms with Crippen molar-refractivity contribution < 1.29 is 18.3 Å². The van der Waals surface area contributed by atoms with Crippen LogP contribution in [0, 0.1) is 11.6 Å². The molecule has 0 aliphatic rings. The fourth-order valence-electron chi connectivity index (χ4n) is 2.18. The van der Waals surface area contributed by atoms with E-state index in [9.17, 15) is 13.6 Å². The minimum atomic E-state index is -0.703. The van der Waals surface area contributed by atoms with E-state index in [0.29, 0.717) is 10.6 Å². The maximum atomic E-state index is 14.2. The molecule has 0 atom stereocenters. The van der Waals surface area contributed by atoms with E-state index in [-0.39, 0.29) is 22.7 Å². The highest BCUT2D eigenvalue weighted by Crippen LogP contribution is 2.26. The SMILES string of the molecule is CC(C)(C)OC(=S)Cc1cc(NC(=O)c2cccc(F)c2)c(F)cc1Cl. The maximum Gasteiger partial charge on any atom is 0.255 e.